The lowest BCUT2D eigenvalue weighted by Crippen LogP contribution is -2.32. The van der Waals surface area contributed by atoms with Gasteiger partial charge in [-0.1, -0.05) is 6.07 Å². The number of amides is 1. The van der Waals surface area contributed by atoms with Crippen molar-refractivity contribution in [3.05, 3.63) is 48.0 Å². The first-order chi connectivity index (χ1) is 12.9. The van der Waals surface area contributed by atoms with Gasteiger partial charge >= 0.3 is 0 Å². The van der Waals surface area contributed by atoms with Gasteiger partial charge in [-0.05, 0) is 55.3 Å². The summed E-state index contributed by atoms with van der Waals surface area (Å²) in [4.78, 5) is 13.9. The molecular weight excluding hydrogens is 368 g/mol. The van der Waals surface area contributed by atoms with Crippen LogP contribution in [0.5, 0.6) is 5.75 Å². The van der Waals surface area contributed by atoms with Crippen molar-refractivity contribution in [3.8, 4) is 5.75 Å². The van der Waals surface area contributed by atoms with E-state index in [1.54, 1.807) is 29.2 Å². The van der Waals surface area contributed by atoms with E-state index >= 15 is 0 Å². The molecule has 7 nitrogen and oxygen atoms in total. The van der Waals surface area contributed by atoms with Gasteiger partial charge in [-0.2, -0.15) is 0 Å². The molecule has 1 aliphatic heterocycles. The van der Waals surface area contributed by atoms with Gasteiger partial charge in [0.1, 0.15) is 12.4 Å². The molecule has 3 rings (SSSR count). The quantitative estimate of drug-likeness (QED) is 0.785. The highest BCUT2D eigenvalue weighted by molar-refractivity contribution is 7.92. The van der Waals surface area contributed by atoms with Gasteiger partial charge in [0, 0.05) is 19.3 Å². The number of fused-ring (bicyclic) bond motifs is 1. The highest BCUT2D eigenvalue weighted by atomic mass is 32.2. The molecule has 0 radical (unpaired) electrons. The molecule has 0 spiro atoms. The smallest absolute Gasteiger partial charge is 0.261 e. The average Bonchev–Trinajstić information content (AvgIpc) is 3.05. The summed E-state index contributed by atoms with van der Waals surface area (Å²) >= 11 is 0. The number of anilines is 2. The van der Waals surface area contributed by atoms with Crippen LogP contribution in [0.15, 0.2) is 47.4 Å². The van der Waals surface area contributed by atoms with Crippen molar-refractivity contribution >= 4 is 27.3 Å². The highest BCUT2D eigenvalue weighted by Crippen LogP contribution is 2.32. The minimum atomic E-state index is -3.74. The number of carbonyl (C=O) groups is 1. The van der Waals surface area contributed by atoms with Crippen molar-refractivity contribution in [2.24, 2.45) is 0 Å². The Balaban J connectivity index is 1.81. The number of hydrogen-bond donors (Lipinski definition) is 1. The topological polar surface area (TPSA) is 84.9 Å². The van der Waals surface area contributed by atoms with E-state index in [0.717, 1.165) is 12.0 Å². The Morgan fingerprint density at radius 2 is 1.93 bits per heavy atom. The zero-order chi connectivity index (χ0) is 19.4. The summed E-state index contributed by atoms with van der Waals surface area (Å²) in [7, 11) is -2.28. The number of carbonyl (C=O) groups excluding carboxylic acids is 1. The van der Waals surface area contributed by atoms with Gasteiger partial charge < -0.3 is 14.4 Å². The van der Waals surface area contributed by atoms with Crippen molar-refractivity contribution in [2.75, 3.05) is 36.5 Å². The van der Waals surface area contributed by atoms with Crippen LogP contribution in [0.2, 0.25) is 0 Å². The Kier molecular flexibility index (Phi) is 5.67. The molecule has 0 saturated heterocycles. The number of nitrogens with one attached hydrogen (secondary N) is 1. The summed E-state index contributed by atoms with van der Waals surface area (Å²) in [6.07, 6.45) is 0.733. The maximum atomic E-state index is 12.6. The molecule has 1 amide bonds. The van der Waals surface area contributed by atoms with Crippen molar-refractivity contribution in [2.45, 2.75) is 18.2 Å². The van der Waals surface area contributed by atoms with E-state index in [1.165, 1.54) is 19.2 Å². The van der Waals surface area contributed by atoms with E-state index in [0.29, 0.717) is 30.3 Å². The van der Waals surface area contributed by atoms with Crippen LogP contribution in [0.3, 0.4) is 0 Å². The van der Waals surface area contributed by atoms with Gasteiger partial charge in [-0.25, -0.2) is 8.42 Å². The SMILES string of the molecule is CCOc1ccc(S(=O)(=O)Nc2ccc3c(c2)N(C(=O)COC)CC3)cc1. The number of sulfonamides is 1. The third kappa shape index (κ3) is 4.23. The number of methoxy groups -OCH3 is 1. The fourth-order valence-electron chi connectivity index (χ4n) is 3.00. The molecule has 1 N–H and O–H groups in total. The molecule has 0 fully saturated rings. The van der Waals surface area contributed by atoms with Crippen LogP contribution in [-0.2, 0) is 26.0 Å². The van der Waals surface area contributed by atoms with Crippen LogP contribution in [0, 0.1) is 0 Å². The molecule has 2 aromatic rings. The van der Waals surface area contributed by atoms with E-state index in [-0.39, 0.29) is 17.4 Å². The Bertz CT molecular complexity index is 926. The normalized spacial score (nSPS) is 13.3. The Morgan fingerprint density at radius 3 is 2.59 bits per heavy atom. The van der Waals surface area contributed by atoms with Gasteiger partial charge in [-0.15, -0.1) is 0 Å². The molecule has 144 valence electrons. The molecule has 8 heteroatoms. The first-order valence-electron chi connectivity index (χ1n) is 8.62. The van der Waals surface area contributed by atoms with Crippen LogP contribution < -0.4 is 14.4 Å². The predicted molar refractivity (Wildman–Crippen MR) is 103 cm³/mol. The first-order valence-corrected chi connectivity index (χ1v) is 10.1. The van der Waals surface area contributed by atoms with Gasteiger partial charge in [0.05, 0.1) is 17.2 Å². The van der Waals surface area contributed by atoms with Gasteiger partial charge in [0.2, 0.25) is 0 Å². The zero-order valence-corrected chi connectivity index (χ0v) is 16.1. The Labute approximate surface area is 158 Å². The van der Waals surface area contributed by atoms with E-state index < -0.39 is 10.0 Å². The minimum Gasteiger partial charge on any atom is -0.494 e. The lowest BCUT2D eigenvalue weighted by atomic mass is 10.1. The van der Waals surface area contributed by atoms with E-state index in [1.807, 2.05) is 13.0 Å². The van der Waals surface area contributed by atoms with Crippen LogP contribution in [0.4, 0.5) is 11.4 Å². The summed E-state index contributed by atoms with van der Waals surface area (Å²) in [6, 6.07) is 11.4. The van der Waals surface area contributed by atoms with Crippen LogP contribution in [0.25, 0.3) is 0 Å². The fourth-order valence-corrected chi connectivity index (χ4v) is 4.05. The standard InChI is InChI=1S/C19H22N2O5S/c1-3-26-16-6-8-17(9-7-16)27(23,24)20-15-5-4-14-10-11-21(18(14)12-15)19(22)13-25-2/h4-9,12,20H,3,10-11,13H2,1-2H3. The van der Waals surface area contributed by atoms with E-state index in [2.05, 4.69) is 4.72 Å². The fraction of sp³-hybridized carbons (Fsp3) is 0.316. The number of hydrogen-bond acceptors (Lipinski definition) is 5. The largest absolute Gasteiger partial charge is 0.494 e. The second kappa shape index (κ2) is 7.98. The average molecular weight is 390 g/mol. The van der Waals surface area contributed by atoms with Crippen LogP contribution in [0.1, 0.15) is 12.5 Å². The summed E-state index contributed by atoms with van der Waals surface area (Å²) in [5, 5.41) is 0. The molecule has 1 heterocycles. The van der Waals surface area contributed by atoms with Crippen molar-refractivity contribution < 1.29 is 22.7 Å². The lowest BCUT2D eigenvalue weighted by Gasteiger charge is -2.18. The molecular formula is C19H22N2O5S. The van der Waals surface area contributed by atoms with E-state index in [9.17, 15) is 13.2 Å². The number of ether oxygens (including phenoxy) is 2. The lowest BCUT2D eigenvalue weighted by molar-refractivity contribution is -0.122. The van der Waals surface area contributed by atoms with Gasteiger partial charge in [0.25, 0.3) is 15.9 Å². The molecule has 2 aromatic carbocycles. The zero-order valence-electron chi connectivity index (χ0n) is 15.3. The summed E-state index contributed by atoms with van der Waals surface area (Å²) in [5.74, 6) is 0.462. The molecule has 0 aromatic heterocycles. The molecule has 0 atom stereocenters. The number of nitrogens with zero attached hydrogens (tertiary/aromatic N) is 1. The predicted octanol–water partition coefficient (Wildman–Crippen LogP) is 2.42. The monoisotopic (exact) mass is 390 g/mol. The van der Waals surface area contributed by atoms with E-state index in [4.69, 9.17) is 9.47 Å². The minimum absolute atomic E-state index is 0.0123. The Morgan fingerprint density at radius 1 is 1.19 bits per heavy atom. The first kappa shape index (κ1) is 19.2. The molecule has 27 heavy (non-hydrogen) atoms. The second-order valence-electron chi connectivity index (χ2n) is 6.08. The van der Waals surface area contributed by atoms with Crippen molar-refractivity contribution in [1.82, 2.24) is 0 Å². The maximum Gasteiger partial charge on any atom is 0.261 e. The van der Waals surface area contributed by atoms with Gasteiger partial charge in [-0.3, -0.25) is 9.52 Å². The van der Waals surface area contributed by atoms with Gasteiger partial charge in [0.15, 0.2) is 0 Å². The highest BCUT2D eigenvalue weighted by Gasteiger charge is 2.25. The van der Waals surface area contributed by atoms with Crippen LogP contribution >= 0.6 is 0 Å². The van der Waals surface area contributed by atoms with Crippen LogP contribution in [-0.4, -0.2) is 41.2 Å². The number of benzene rings is 2. The summed E-state index contributed by atoms with van der Waals surface area (Å²) < 4.78 is 38.1. The molecule has 0 saturated carbocycles. The van der Waals surface area contributed by atoms with Crippen molar-refractivity contribution in [1.29, 1.82) is 0 Å². The summed E-state index contributed by atoms with van der Waals surface area (Å²) in [5.41, 5.74) is 2.12. The molecule has 0 aliphatic carbocycles. The molecule has 1 aliphatic rings. The molecule has 0 unspecified atom stereocenters. The molecule has 0 bridgehead atoms. The maximum absolute atomic E-state index is 12.6. The van der Waals surface area contributed by atoms with Crippen molar-refractivity contribution in [3.63, 3.8) is 0 Å². The third-order valence-electron chi connectivity index (χ3n) is 4.25. The third-order valence-corrected chi connectivity index (χ3v) is 5.64. The second-order valence-corrected chi connectivity index (χ2v) is 7.76. The Hall–Kier alpha value is -2.58. The number of rotatable bonds is 7. The summed E-state index contributed by atoms with van der Waals surface area (Å²) in [6.45, 7) is 2.92.